The monoisotopic (exact) mass is 248 g/mol. The first kappa shape index (κ1) is 11.9. The van der Waals surface area contributed by atoms with Crippen LogP contribution in [0.1, 0.15) is 31.2 Å². The molecule has 88 valence electrons. The normalized spacial score (nSPS) is 15.5. The summed E-state index contributed by atoms with van der Waals surface area (Å²) in [7, 11) is 0. The Morgan fingerprint density at radius 3 is 2.76 bits per heavy atom. The lowest BCUT2D eigenvalue weighted by Crippen LogP contribution is -2.20. The van der Waals surface area contributed by atoms with Gasteiger partial charge < -0.3 is 5.32 Å². The summed E-state index contributed by atoms with van der Waals surface area (Å²) in [4.78, 5) is 11.9. The van der Waals surface area contributed by atoms with E-state index < -0.39 is 0 Å². The maximum atomic E-state index is 11.9. The SMILES string of the molecule is N#Cc1cc(NC(=O)C2CCCC2)ccc1Cl. The molecule has 0 bridgehead atoms. The number of carbonyl (C=O) groups excluding carboxylic acids is 1. The summed E-state index contributed by atoms with van der Waals surface area (Å²) in [5, 5.41) is 12.1. The van der Waals surface area contributed by atoms with Crippen molar-refractivity contribution in [1.82, 2.24) is 0 Å². The molecule has 0 atom stereocenters. The zero-order valence-corrected chi connectivity index (χ0v) is 10.1. The van der Waals surface area contributed by atoms with E-state index in [2.05, 4.69) is 5.32 Å². The minimum atomic E-state index is 0.0497. The number of nitrogens with one attached hydrogen (secondary N) is 1. The lowest BCUT2D eigenvalue weighted by atomic mass is 10.1. The van der Waals surface area contributed by atoms with Crippen molar-refractivity contribution in [2.45, 2.75) is 25.7 Å². The van der Waals surface area contributed by atoms with Gasteiger partial charge in [0.2, 0.25) is 5.91 Å². The molecule has 0 heterocycles. The topological polar surface area (TPSA) is 52.9 Å². The minimum absolute atomic E-state index is 0.0497. The van der Waals surface area contributed by atoms with Gasteiger partial charge in [0.15, 0.2) is 0 Å². The lowest BCUT2D eigenvalue weighted by molar-refractivity contribution is -0.119. The van der Waals surface area contributed by atoms with Crippen molar-refractivity contribution in [3.05, 3.63) is 28.8 Å². The van der Waals surface area contributed by atoms with Gasteiger partial charge in [-0.15, -0.1) is 0 Å². The van der Waals surface area contributed by atoms with Crippen LogP contribution in [0.4, 0.5) is 5.69 Å². The fourth-order valence-electron chi connectivity index (χ4n) is 2.12. The molecule has 3 nitrogen and oxygen atoms in total. The number of anilines is 1. The summed E-state index contributed by atoms with van der Waals surface area (Å²) in [6, 6.07) is 6.95. The number of hydrogen-bond donors (Lipinski definition) is 1. The first-order chi connectivity index (χ1) is 8.20. The Hall–Kier alpha value is -1.53. The summed E-state index contributed by atoms with van der Waals surface area (Å²) < 4.78 is 0. The molecule has 0 aromatic heterocycles. The Morgan fingerprint density at radius 2 is 2.12 bits per heavy atom. The van der Waals surface area contributed by atoms with Crippen molar-refractivity contribution < 1.29 is 4.79 Å². The first-order valence-electron chi connectivity index (χ1n) is 5.71. The fraction of sp³-hybridized carbons (Fsp3) is 0.385. The van der Waals surface area contributed by atoms with Crippen molar-refractivity contribution in [3.63, 3.8) is 0 Å². The van der Waals surface area contributed by atoms with Crippen molar-refractivity contribution in [1.29, 1.82) is 5.26 Å². The van der Waals surface area contributed by atoms with Crippen LogP contribution in [0, 0.1) is 17.2 Å². The summed E-state index contributed by atoms with van der Waals surface area (Å²) in [5.41, 5.74) is 1.03. The van der Waals surface area contributed by atoms with Crippen LogP contribution in [-0.4, -0.2) is 5.91 Å². The highest BCUT2D eigenvalue weighted by Crippen LogP contribution is 2.26. The largest absolute Gasteiger partial charge is 0.326 e. The quantitative estimate of drug-likeness (QED) is 0.873. The number of nitrogens with zero attached hydrogens (tertiary/aromatic N) is 1. The number of halogens is 1. The Labute approximate surface area is 105 Å². The molecule has 0 spiro atoms. The van der Waals surface area contributed by atoms with Crippen LogP contribution in [-0.2, 0) is 4.79 Å². The fourth-order valence-corrected chi connectivity index (χ4v) is 2.28. The average Bonchev–Trinajstić information content (AvgIpc) is 2.85. The van der Waals surface area contributed by atoms with E-state index >= 15 is 0 Å². The van der Waals surface area contributed by atoms with Gasteiger partial charge in [-0.25, -0.2) is 0 Å². The Kier molecular flexibility index (Phi) is 3.65. The molecule has 17 heavy (non-hydrogen) atoms. The number of benzene rings is 1. The predicted octanol–water partition coefficient (Wildman–Crippen LogP) is 3.34. The van der Waals surface area contributed by atoms with E-state index in [1.165, 1.54) is 0 Å². The molecule has 1 saturated carbocycles. The van der Waals surface area contributed by atoms with Crippen LogP contribution in [0.5, 0.6) is 0 Å². The van der Waals surface area contributed by atoms with Gasteiger partial charge in [0, 0.05) is 11.6 Å². The van der Waals surface area contributed by atoms with Gasteiger partial charge in [-0.1, -0.05) is 24.4 Å². The molecule has 1 aliphatic rings. The number of carbonyl (C=O) groups is 1. The van der Waals surface area contributed by atoms with Crippen LogP contribution < -0.4 is 5.32 Å². The van der Waals surface area contributed by atoms with Crippen LogP contribution in [0.2, 0.25) is 5.02 Å². The third kappa shape index (κ3) is 2.78. The van der Waals surface area contributed by atoms with E-state index in [1.807, 2.05) is 6.07 Å². The number of nitriles is 1. The Morgan fingerprint density at radius 1 is 1.41 bits per heavy atom. The molecule has 1 aromatic rings. The van der Waals surface area contributed by atoms with Gasteiger partial charge in [0.25, 0.3) is 0 Å². The van der Waals surface area contributed by atoms with Crippen molar-refractivity contribution >= 4 is 23.2 Å². The second-order valence-electron chi connectivity index (χ2n) is 4.28. The van der Waals surface area contributed by atoms with Gasteiger partial charge in [0.1, 0.15) is 6.07 Å². The molecule has 1 amide bonds. The highest BCUT2D eigenvalue weighted by molar-refractivity contribution is 6.31. The first-order valence-corrected chi connectivity index (χ1v) is 6.09. The van der Waals surface area contributed by atoms with E-state index in [0.717, 1.165) is 25.7 Å². The molecule has 0 unspecified atom stereocenters. The van der Waals surface area contributed by atoms with E-state index in [1.54, 1.807) is 18.2 Å². The number of hydrogen-bond acceptors (Lipinski definition) is 2. The summed E-state index contributed by atoms with van der Waals surface area (Å²) >= 11 is 5.82. The number of rotatable bonds is 2. The third-order valence-corrected chi connectivity index (χ3v) is 3.41. The standard InChI is InChI=1S/C13H13ClN2O/c14-12-6-5-11(7-10(12)8-15)16-13(17)9-3-1-2-4-9/h5-7,9H,1-4H2,(H,16,17). The van der Waals surface area contributed by atoms with Gasteiger partial charge in [-0.05, 0) is 31.0 Å². The third-order valence-electron chi connectivity index (χ3n) is 3.08. The summed E-state index contributed by atoms with van der Waals surface area (Å²) in [5.74, 6) is 0.171. The second kappa shape index (κ2) is 5.20. The van der Waals surface area contributed by atoms with Gasteiger partial charge >= 0.3 is 0 Å². The highest BCUT2D eigenvalue weighted by atomic mass is 35.5. The van der Waals surface area contributed by atoms with Crippen LogP contribution in [0.3, 0.4) is 0 Å². The molecule has 1 fully saturated rings. The molecule has 1 N–H and O–H groups in total. The highest BCUT2D eigenvalue weighted by Gasteiger charge is 2.22. The summed E-state index contributed by atoms with van der Waals surface area (Å²) in [6.45, 7) is 0. The molecule has 2 rings (SSSR count). The van der Waals surface area contributed by atoms with E-state index in [4.69, 9.17) is 16.9 Å². The lowest BCUT2D eigenvalue weighted by Gasteiger charge is -2.10. The molecule has 0 radical (unpaired) electrons. The molecular formula is C13H13ClN2O. The zero-order chi connectivity index (χ0) is 12.3. The predicted molar refractivity (Wildman–Crippen MR) is 66.8 cm³/mol. The minimum Gasteiger partial charge on any atom is -0.326 e. The zero-order valence-electron chi connectivity index (χ0n) is 9.37. The maximum Gasteiger partial charge on any atom is 0.227 e. The second-order valence-corrected chi connectivity index (χ2v) is 4.68. The molecule has 1 aromatic carbocycles. The number of amides is 1. The Bertz CT molecular complexity index is 473. The average molecular weight is 249 g/mol. The Balaban J connectivity index is 2.08. The van der Waals surface area contributed by atoms with Crippen molar-refractivity contribution in [2.75, 3.05) is 5.32 Å². The van der Waals surface area contributed by atoms with Crippen LogP contribution >= 0.6 is 11.6 Å². The van der Waals surface area contributed by atoms with Crippen LogP contribution in [0.25, 0.3) is 0 Å². The maximum absolute atomic E-state index is 11.9. The van der Waals surface area contributed by atoms with E-state index in [9.17, 15) is 4.79 Å². The van der Waals surface area contributed by atoms with E-state index in [-0.39, 0.29) is 11.8 Å². The van der Waals surface area contributed by atoms with Crippen molar-refractivity contribution in [2.24, 2.45) is 5.92 Å². The van der Waals surface area contributed by atoms with Gasteiger partial charge in [-0.3, -0.25) is 4.79 Å². The van der Waals surface area contributed by atoms with Gasteiger partial charge in [0.05, 0.1) is 10.6 Å². The van der Waals surface area contributed by atoms with Crippen molar-refractivity contribution in [3.8, 4) is 6.07 Å². The van der Waals surface area contributed by atoms with Gasteiger partial charge in [-0.2, -0.15) is 5.26 Å². The van der Waals surface area contributed by atoms with E-state index in [0.29, 0.717) is 16.3 Å². The smallest absolute Gasteiger partial charge is 0.227 e. The molecule has 0 saturated heterocycles. The molecule has 1 aliphatic carbocycles. The van der Waals surface area contributed by atoms with Crippen LogP contribution in [0.15, 0.2) is 18.2 Å². The molecule has 4 heteroatoms. The summed E-state index contributed by atoms with van der Waals surface area (Å²) in [6.07, 6.45) is 4.18. The molecular weight excluding hydrogens is 236 g/mol. The molecule has 0 aliphatic heterocycles.